The van der Waals surface area contributed by atoms with Gasteiger partial charge >= 0.3 is 5.97 Å². The molecule has 0 unspecified atom stereocenters. The van der Waals surface area contributed by atoms with E-state index in [4.69, 9.17) is 20.8 Å². The van der Waals surface area contributed by atoms with Crippen LogP contribution in [0, 0.1) is 10.1 Å². The van der Waals surface area contributed by atoms with Gasteiger partial charge in [-0.1, -0.05) is 11.6 Å². The van der Waals surface area contributed by atoms with Crippen LogP contribution < -0.4 is 5.32 Å². The summed E-state index contributed by atoms with van der Waals surface area (Å²) < 4.78 is 9.71. The molecule has 0 spiro atoms. The number of carbonyl (C=O) groups is 2. The van der Waals surface area contributed by atoms with Crippen molar-refractivity contribution in [3.05, 3.63) is 63.6 Å². The largest absolute Gasteiger partial charge is 0.465 e. The van der Waals surface area contributed by atoms with Crippen LogP contribution >= 0.6 is 11.6 Å². The van der Waals surface area contributed by atoms with E-state index in [9.17, 15) is 19.7 Å². The van der Waals surface area contributed by atoms with Crippen LogP contribution in [0.1, 0.15) is 5.76 Å². The van der Waals surface area contributed by atoms with E-state index in [-0.39, 0.29) is 16.4 Å². The van der Waals surface area contributed by atoms with Gasteiger partial charge in [-0.05, 0) is 30.3 Å². The number of nitro benzene ring substituents is 1. The lowest BCUT2D eigenvalue weighted by Gasteiger charge is -2.06. The molecule has 0 bridgehead atoms. The standard InChI is InChI=1S/C15H11ClN2O6/c16-10-3-5-12(13(8-10)18(21)22)17-14(19)9-24-15(20)6-4-11-2-1-7-23-11/h1-8H,9H2,(H,17,19)/b6-4+. The topological polar surface area (TPSA) is 112 Å². The summed E-state index contributed by atoms with van der Waals surface area (Å²) in [5.74, 6) is -1.03. The van der Waals surface area contributed by atoms with Crippen LogP contribution in [0.3, 0.4) is 0 Å². The van der Waals surface area contributed by atoms with Gasteiger partial charge in [0.25, 0.3) is 11.6 Å². The summed E-state index contributed by atoms with van der Waals surface area (Å²) in [6, 6.07) is 7.07. The fourth-order valence-corrected chi connectivity index (χ4v) is 1.84. The van der Waals surface area contributed by atoms with Crippen molar-refractivity contribution in [2.75, 3.05) is 11.9 Å². The minimum absolute atomic E-state index is 0.0448. The van der Waals surface area contributed by atoms with Crippen LogP contribution in [0.4, 0.5) is 11.4 Å². The fourth-order valence-electron chi connectivity index (χ4n) is 1.67. The number of hydrogen-bond donors (Lipinski definition) is 1. The number of anilines is 1. The molecule has 0 aliphatic heterocycles. The highest BCUT2D eigenvalue weighted by Crippen LogP contribution is 2.27. The molecular formula is C15H11ClN2O6. The fraction of sp³-hybridized carbons (Fsp3) is 0.0667. The lowest BCUT2D eigenvalue weighted by atomic mass is 10.2. The molecule has 9 heteroatoms. The second-order valence-electron chi connectivity index (χ2n) is 4.42. The first-order valence-corrected chi connectivity index (χ1v) is 6.95. The summed E-state index contributed by atoms with van der Waals surface area (Å²) in [4.78, 5) is 33.4. The smallest absolute Gasteiger partial charge is 0.331 e. The van der Waals surface area contributed by atoms with Gasteiger partial charge < -0.3 is 14.5 Å². The number of rotatable bonds is 6. The predicted octanol–water partition coefficient (Wildman–Crippen LogP) is 3.04. The summed E-state index contributed by atoms with van der Waals surface area (Å²) in [5, 5.41) is 13.4. The first-order chi connectivity index (χ1) is 11.5. The Morgan fingerprint density at radius 3 is 2.83 bits per heavy atom. The van der Waals surface area contributed by atoms with E-state index in [1.807, 2.05) is 0 Å². The number of nitrogens with zero attached hydrogens (tertiary/aromatic N) is 1. The molecule has 1 amide bonds. The first kappa shape index (κ1) is 17.2. The average molecular weight is 351 g/mol. The van der Waals surface area contributed by atoms with Crippen LogP contribution in [0.15, 0.2) is 47.1 Å². The van der Waals surface area contributed by atoms with Crippen molar-refractivity contribution >= 4 is 40.9 Å². The molecule has 0 radical (unpaired) electrons. The zero-order valence-electron chi connectivity index (χ0n) is 12.1. The summed E-state index contributed by atoms with van der Waals surface area (Å²) >= 11 is 5.68. The monoisotopic (exact) mass is 350 g/mol. The minimum atomic E-state index is -0.757. The second kappa shape index (κ2) is 7.93. The molecule has 2 rings (SSSR count). The number of esters is 1. The van der Waals surface area contributed by atoms with E-state index in [0.717, 1.165) is 12.1 Å². The van der Waals surface area contributed by atoms with Crippen molar-refractivity contribution in [1.29, 1.82) is 0 Å². The minimum Gasteiger partial charge on any atom is -0.465 e. The van der Waals surface area contributed by atoms with Gasteiger partial charge in [0.1, 0.15) is 11.4 Å². The van der Waals surface area contributed by atoms with Crippen molar-refractivity contribution in [2.45, 2.75) is 0 Å². The highest BCUT2D eigenvalue weighted by Gasteiger charge is 2.17. The number of amides is 1. The molecule has 1 aromatic heterocycles. The summed E-state index contributed by atoms with van der Waals surface area (Å²) in [5.41, 5.74) is -0.406. The summed E-state index contributed by atoms with van der Waals surface area (Å²) in [6.45, 7) is -0.596. The van der Waals surface area contributed by atoms with Crippen molar-refractivity contribution in [1.82, 2.24) is 0 Å². The maximum atomic E-state index is 11.7. The van der Waals surface area contributed by atoms with E-state index < -0.39 is 23.4 Å². The van der Waals surface area contributed by atoms with Gasteiger partial charge in [-0.3, -0.25) is 14.9 Å². The van der Waals surface area contributed by atoms with E-state index in [1.165, 1.54) is 24.5 Å². The Morgan fingerprint density at radius 2 is 2.17 bits per heavy atom. The quantitative estimate of drug-likeness (QED) is 0.371. The van der Waals surface area contributed by atoms with Gasteiger partial charge in [0.05, 0.1) is 11.2 Å². The third-order valence-corrected chi connectivity index (χ3v) is 2.94. The van der Waals surface area contributed by atoms with E-state index in [0.29, 0.717) is 5.76 Å². The SMILES string of the molecule is O=C(COC(=O)/C=C/c1ccco1)Nc1ccc(Cl)cc1[N+](=O)[O-]. The van der Waals surface area contributed by atoms with Gasteiger partial charge in [0.15, 0.2) is 6.61 Å². The molecule has 0 saturated heterocycles. The van der Waals surface area contributed by atoms with Crippen LogP contribution in [-0.4, -0.2) is 23.4 Å². The van der Waals surface area contributed by atoms with Crippen LogP contribution in [0.2, 0.25) is 5.02 Å². The van der Waals surface area contributed by atoms with Crippen LogP contribution in [0.5, 0.6) is 0 Å². The van der Waals surface area contributed by atoms with Gasteiger partial charge in [-0.15, -0.1) is 0 Å². The first-order valence-electron chi connectivity index (χ1n) is 6.58. The molecule has 0 saturated carbocycles. The Hall–Kier alpha value is -3.13. The summed E-state index contributed by atoms with van der Waals surface area (Å²) in [7, 11) is 0. The third-order valence-electron chi connectivity index (χ3n) is 2.70. The van der Waals surface area contributed by atoms with E-state index in [2.05, 4.69) is 5.32 Å². The molecule has 1 N–H and O–H groups in total. The predicted molar refractivity (Wildman–Crippen MR) is 85.4 cm³/mol. The van der Waals surface area contributed by atoms with Gasteiger partial charge in [-0.2, -0.15) is 0 Å². The maximum absolute atomic E-state index is 11.7. The molecule has 124 valence electrons. The number of benzene rings is 1. The number of nitro groups is 1. The third kappa shape index (κ3) is 4.96. The van der Waals surface area contributed by atoms with Gasteiger partial charge in [0, 0.05) is 17.2 Å². The highest BCUT2D eigenvalue weighted by atomic mass is 35.5. The Kier molecular flexibility index (Phi) is 5.69. The molecule has 24 heavy (non-hydrogen) atoms. The number of ether oxygens (including phenoxy) is 1. The van der Waals surface area contributed by atoms with Crippen LogP contribution in [-0.2, 0) is 14.3 Å². The average Bonchev–Trinajstić information content (AvgIpc) is 3.06. The molecular weight excluding hydrogens is 340 g/mol. The van der Waals surface area contributed by atoms with Gasteiger partial charge in [0.2, 0.25) is 0 Å². The maximum Gasteiger partial charge on any atom is 0.331 e. The Morgan fingerprint density at radius 1 is 1.38 bits per heavy atom. The molecule has 0 aliphatic rings. The number of furan rings is 1. The molecule has 2 aromatic rings. The molecule has 0 fully saturated rings. The van der Waals surface area contributed by atoms with Crippen molar-refractivity contribution in [3.63, 3.8) is 0 Å². The molecule has 8 nitrogen and oxygen atoms in total. The van der Waals surface area contributed by atoms with Gasteiger partial charge in [-0.25, -0.2) is 4.79 Å². The van der Waals surface area contributed by atoms with Crippen molar-refractivity contribution in [3.8, 4) is 0 Å². The number of hydrogen-bond acceptors (Lipinski definition) is 6. The zero-order valence-corrected chi connectivity index (χ0v) is 12.9. The van der Waals surface area contributed by atoms with Crippen LogP contribution in [0.25, 0.3) is 6.08 Å². The van der Waals surface area contributed by atoms with Crippen molar-refractivity contribution in [2.24, 2.45) is 0 Å². The number of halogens is 1. The highest BCUT2D eigenvalue weighted by molar-refractivity contribution is 6.31. The summed E-state index contributed by atoms with van der Waals surface area (Å²) in [6.07, 6.45) is 3.92. The number of carbonyl (C=O) groups excluding carboxylic acids is 2. The zero-order chi connectivity index (χ0) is 17.5. The second-order valence-corrected chi connectivity index (χ2v) is 4.86. The number of nitrogens with one attached hydrogen (secondary N) is 1. The Balaban J connectivity index is 1.89. The van der Waals surface area contributed by atoms with Crippen molar-refractivity contribution < 1.29 is 23.7 Å². The lowest BCUT2D eigenvalue weighted by molar-refractivity contribution is -0.383. The molecule has 1 aromatic carbocycles. The lowest BCUT2D eigenvalue weighted by Crippen LogP contribution is -2.20. The van der Waals surface area contributed by atoms with E-state index >= 15 is 0 Å². The normalized spacial score (nSPS) is 10.5. The Bertz CT molecular complexity index is 785. The molecule has 1 heterocycles. The molecule has 0 aliphatic carbocycles. The molecule has 0 atom stereocenters. The Labute approximate surface area is 140 Å². The van der Waals surface area contributed by atoms with E-state index in [1.54, 1.807) is 12.1 Å².